The van der Waals surface area contributed by atoms with E-state index < -0.39 is 16.0 Å². The van der Waals surface area contributed by atoms with E-state index in [1.807, 2.05) is 6.92 Å². The summed E-state index contributed by atoms with van der Waals surface area (Å²) in [6.07, 6.45) is 1.69. The van der Waals surface area contributed by atoms with Crippen molar-refractivity contribution in [2.24, 2.45) is 0 Å². The molecule has 1 N–H and O–H groups in total. The van der Waals surface area contributed by atoms with Crippen molar-refractivity contribution in [2.75, 3.05) is 19.7 Å². The molecule has 0 unspecified atom stereocenters. The smallest absolute Gasteiger partial charge is 0.341 e. The van der Waals surface area contributed by atoms with Crippen molar-refractivity contribution in [3.8, 4) is 0 Å². The summed E-state index contributed by atoms with van der Waals surface area (Å²) in [5.74, 6) is -0.602. The minimum absolute atomic E-state index is 0.0430. The Bertz CT molecular complexity index is 620. The Morgan fingerprint density at radius 1 is 1.18 bits per heavy atom. The number of aryl methyl sites for hydroxylation is 2. The average molecular weight is 330 g/mol. The molecule has 7 heteroatoms. The van der Waals surface area contributed by atoms with Crippen LogP contribution in [0.3, 0.4) is 0 Å². The van der Waals surface area contributed by atoms with Crippen molar-refractivity contribution in [3.05, 3.63) is 17.0 Å². The van der Waals surface area contributed by atoms with Crippen LogP contribution < -0.4 is 0 Å². The van der Waals surface area contributed by atoms with Crippen LogP contribution in [0.25, 0.3) is 0 Å². The van der Waals surface area contributed by atoms with Crippen LogP contribution in [0.15, 0.2) is 4.90 Å². The van der Waals surface area contributed by atoms with Gasteiger partial charge in [-0.05, 0) is 27.2 Å². The van der Waals surface area contributed by atoms with E-state index in [1.165, 1.54) is 4.31 Å². The van der Waals surface area contributed by atoms with Gasteiger partial charge in [0.25, 0.3) is 0 Å². The maximum atomic E-state index is 12.9. The number of carbonyl (C=O) groups excluding carboxylic acids is 1. The third kappa shape index (κ3) is 3.70. The number of H-pyrrole nitrogens is 1. The molecule has 1 aromatic rings. The van der Waals surface area contributed by atoms with Gasteiger partial charge in [0.05, 0.1) is 6.61 Å². The minimum atomic E-state index is -3.73. The van der Waals surface area contributed by atoms with Gasteiger partial charge in [0.15, 0.2) is 0 Å². The maximum absolute atomic E-state index is 12.9. The van der Waals surface area contributed by atoms with Crippen molar-refractivity contribution < 1.29 is 17.9 Å². The molecule has 0 atom stereocenters. The van der Waals surface area contributed by atoms with E-state index in [0.29, 0.717) is 24.5 Å². The first-order valence-corrected chi connectivity index (χ1v) is 9.11. The first kappa shape index (κ1) is 18.7. The van der Waals surface area contributed by atoms with Crippen molar-refractivity contribution in [2.45, 2.75) is 52.4 Å². The Morgan fingerprint density at radius 3 is 2.32 bits per heavy atom. The summed E-state index contributed by atoms with van der Waals surface area (Å²) in [4.78, 5) is 15.1. The number of hydrogen-bond acceptors (Lipinski definition) is 4. The molecule has 0 fully saturated rings. The average Bonchev–Trinajstić information content (AvgIpc) is 2.75. The van der Waals surface area contributed by atoms with E-state index in [4.69, 9.17) is 4.74 Å². The summed E-state index contributed by atoms with van der Waals surface area (Å²) in [6, 6.07) is 0. The normalized spacial score (nSPS) is 11.9. The van der Waals surface area contributed by atoms with E-state index in [-0.39, 0.29) is 17.1 Å². The van der Waals surface area contributed by atoms with Gasteiger partial charge in [0, 0.05) is 24.5 Å². The highest BCUT2D eigenvalue weighted by atomic mass is 32.2. The molecule has 0 aromatic carbocycles. The lowest BCUT2D eigenvalue weighted by atomic mass is 10.2. The molecular weight excluding hydrogens is 304 g/mol. The monoisotopic (exact) mass is 330 g/mol. The molecule has 0 aliphatic heterocycles. The second-order valence-electron chi connectivity index (χ2n) is 5.15. The topological polar surface area (TPSA) is 79.5 Å². The summed E-state index contributed by atoms with van der Waals surface area (Å²) in [5, 5.41) is 0. The number of carbonyl (C=O) groups is 1. The van der Waals surface area contributed by atoms with Crippen molar-refractivity contribution >= 4 is 16.0 Å². The number of sulfonamides is 1. The zero-order valence-corrected chi connectivity index (χ0v) is 14.8. The van der Waals surface area contributed by atoms with Gasteiger partial charge in [-0.25, -0.2) is 13.2 Å². The molecule has 1 rings (SSSR count). The van der Waals surface area contributed by atoms with E-state index in [9.17, 15) is 13.2 Å². The molecular formula is C15H26N2O4S. The predicted molar refractivity (Wildman–Crippen MR) is 85.6 cm³/mol. The van der Waals surface area contributed by atoms with Crippen LogP contribution >= 0.6 is 0 Å². The van der Waals surface area contributed by atoms with Crippen LogP contribution in [0.4, 0.5) is 0 Å². The Morgan fingerprint density at radius 2 is 1.82 bits per heavy atom. The predicted octanol–water partition coefficient (Wildman–Crippen LogP) is 2.62. The second-order valence-corrected chi connectivity index (χ2v) is 7.02. The molecule has 6 nitrogen and oxygen atoms in total. The first-order valence-electron chi connectivity index (χ1n) is 7.67. The number of aromatic nitrogens is 1. The fourth-order valence-electron chi connectivity index (χ4n) is 2.44. The van der Waals surface area contributed by atoms with Crippen molar-refractivity contribution in [1.29, 1.82) is 0 Å². The summed E-state index contributed by atoms with van der Waals surface area (Å²) in [6.45, 7) is 9.87. The molecule has 0 saturated heterocycles. The Kier molecular flexibility index (Phi) is 6.62. The molecule has 22 heavy (non-hydrogen) atoms. The van der Waals surface area contributed by atoms with E-state index in [0.717, 1.165) is 12.8 Å². The van der Waals surface area contributed by atoms with Crippen molar-refractivity contribution in [1.82, 2.24) is 9.29 Å². The molecule has 0 spiro atoms. The van der Waals surface area contributed by atoms with Gasteiger partial charge in [0.1, 0.15) is 10.5 Å². The number of nitrogens with zero attached hydrogens (tertiary/aromatic N) is 1. The van der Waals surface area contributed by atoms with E-state index in [1.54, 1.807) is 27.7 Å². The largest absolute Gasteiger partial charge is 0.462 e. The molecule has 0 aliphatic carbocycles. The third-order valence-corrected chi connectivity index (χ3v) is 5.66. The zero-order valence-electron chi connectivity index (χ0n) is 14.0. The van der Waals surface area contributed by atoms with Crippen LogP contribution in [0.1, 0.15) is 55.4 Å². The Balaban J connectivity index is 3.37. The maximum Gasteiger partial charge on any atom is 0.341 e. The van der Waals surface area contributed by atoms with Crippen molar-refractivity contribution in [3.63, 3.8) is 0 Å². The molecule has 1 aromatic heterocycles. The number of hydrogen-bond donors (Lipinski definition) is 1. The van der Waals surface area contributed by atoms with Crippen LogP contribution in [0, 0.1) is 13.8 Å². The molecule has 126 valence electrons. The molecule has 1 heterocycles. The lowest BCUT2D eigenvalue weighted by Gasteiger charge is -2.21. The van der Waals surface area contributed by atoms with Crippen LogP contribution in [0.5, 0.6) is 0 Å². The van der Waals surface area contributed by atoms with Crippen LogP contribution in [-0.2, 0) is 14.8 Å². The summed E-state index contributed by atoms with van der Waals surface area (Å²) in [7, 11) is -3.73. The third-order valence-electron chi connectivity index (χ3n) is 3.51. The number of esters is 1. The summed E-state index contributed by atoms with van der Waals surface area (Å²) < 4.78 is 32.3. The Hall–Kier alpha value is -1.34. The van der Waals surface area contributed by atoms with Gasteiger partial charge < -0.3 is 9.72 Å². The van der Waals surface area contributed by atoms with E-state index >= 15 is 0 Å². The molecule has 0 aliphatic rings. The fourth-order valence-corrected chi connectivity index (χ4v) is 4.34. The van der Waals surface area contributed by atoms with Gasteiger partial charge in [-0.2, -0.15) is 4.31 Å². The number of rotatable bonds is 8. The highest BCUT2D eigenvalue weighted by molar-refractivity contribution is 7.89. The molecule has 0 radical (unpaired) electrons. The zero-order chi connectivity index (χ0) is 16.9. The molecule has 0 amide bonds. The van der Waals surface area contributed by atoms with Gasteiger partial charge in [-0.1, -0.05) is 20.3 Å². The van der Waals surface area contributed by atoms with Gasteiger partial charge in [-0.15, -0.1) is 0 Å². The lowest BCUT2D eigenvalue weighted by molar-refractivity contribution is 0.0521. The quantitative estimate of drug-likeness (QED) is 0.743. The number of ether oxygens (including phenoxy) is 1. The van der Waals surface area contributed by atoms with Crippen LogP contribution in [0.2, 0.25) is 0 Å². The fraction of sp³-hybridized carbons (Fsp3) is 0.667. The Labute approximate surface area is 132 Å². The number of aromatic amines is 1. The highest BCUT2D eigenvalue weighted by Crippen LogP contribution is 2.27. The van der Waals surface area contributed by atoms with E-state index in [2.05, 4.69) is 4.98 Å². The first-order chi connectivity index (χ1) is 10.3. The number of unbranched alkanes of at least 4 members (excludes halogenated alkanes) is 1. The lowest BCUT2D eigenvalue weighted by Crippen LogP contribution is -2.33. The summed E-state index contributed by atoms with van der Waals surface area (Å²) in [5.41, 5.74) is 1.10. The molecule has 0 bridgehead atoms. The minimum Gasteiger partial charge on any atom is -0.462 e. The van der Waals surface area contributed by atoms with Gasteiger partial charge in [0.2, 0.25) is 10.0 Å². The van der Waals surface area contributed by atoms with Crippen LogP contribution in [-0.4, -0.2) is 43.4 Å². The van der Waals surface area contributed by atoms with Gasteiger partial charge >= 0.3 is 5.97 Å². The highest BCUT2D eigenvalue weighted by Gasteiger charge is 2.33. The number of nitrogens with one attached hydrogen (secondary N) is 1. The standard InChI is InChI=1S/C15H26N2O4S/c1-6-9-10-17(7-2)22(19,20)14-12(5)16-11(4)13(14)15(18)21-8-3/h16H,6-10H2,1-5H3. The SMILES string of the molecule is CCCCN(CC)S(=O)(=O)c1c(C)[nH]c(C)c1C(=O)OCC. The summed E-state index contributed by atoms with van der Waals surface area (Å²) >= 11 is 0. The second kappa shape index (κ2) is 7.78. The molecule has 0 saturated carbocycles. The van der Waals surface area contributed by atoms with Gasteiger partial charge in [-0.3, -0.25) is 0 Å².